The number of hydrogen-bond acceptors (Lipinski definition) is 2. The summed E-state index contributed by atoms with van der Waals surface area (Å²) in [5.74, 6) is -0.198. The second kappa shape index (κ2) is 5.41. The Morgan fingerprint density at radius 3 is 2.53 bits per heavy atom. The third-order valence-corrected chi connectivity index (χ3v) is 2.99. The minimum atomic E-state index is -0.408. The maximum atomic E-state index is 13.6. The number of halogens is 1. The van der Waals surface area contributed by atoms with Crippen LogP contribution >= 0.6 is 0 Å². The first kappa shape index (κ1) is 13.8. The third-order valence-electron chi connectivity index (χ3n) is 2.99. The van der Waals surface area contributed by atoms with Crippen molar-refractivity contribution in [2.24, 2.45) is 5.41 Å². The van der Waals surface area contributed by atoms with Gasteiger partial charge >= 0.3 is 0 Å². The van der Waals surface area contributed by atoms with Gasteiger partial charge in [0.1, 0.15) is 12.1 Å². The molecule has 1 unspecified atom stereocenters. The molecule has 0 radical (unpaired) electrons. The molecule has 1 aromatic carbocycles. The van der Waals surface area contributed by atoms with Crippen molar-refractivity contribution in [1.29, 1.82) is 0 Å². The first-order valence-corrected chi connectivity index (χ1v) is 5.78. The van der Waals surface area contributed by atoms with Crippen LogP contribution in [0, 0.1) is 11.2 Å². The number of hydrogen-bond donors (Lipinski definition) is 0. The molecule has 0 aromatic heterocycles. The average Bonchev–Trinajstić information content (AvgIpc) is 2.28. The van der Waals surface area contributed by atoms with E-state index in [1.165, 1.54) is 6.07 Å². The lowest BCUT2D eigenvalue weighted by Crippen LogP contribution is -2.34. The van der Waals surface area contributed by atoms with Gasteiger partial charge in [0, 0.05) is 23.6 Å². The molecule has 0 saturated heterocycles. The summed E-state index contributed by atoms with van der Waals surface area (Å²) in [5.41, 5.74) is 0.255. The van der Waals surface area contributed by atoms with Gasteiger partial charge < -0.3 is 4.79 Å². The molecule has 3 heteroatoms. The number of carbonyl (C=O) groups is 1. The number of rotatable bonds is 5. The van der Waals surface area contributed by atoms with Crippen LogP contribution in [0.4, 0.5) is 4.39 Å². The largest absolute Gasteiger partial charge is 0.303 e. The molecular weight excluding hydrogens is 217 g/mol. The van der Waals surface area contributed by atoms with Crippen LogP contribution < -0.4 is 0 Å². The van der Waals surface area contributed by atoms with E-state index < -0.39 is 5.41 Å². The van der Waals surface area contributed by atoms with Gasteiger partial charge in [0.2, 0.25) is 0 Å². The second-order valence-electron chi connectivity index (χ2n) is 5.22. The molecule has 2 nitrogen and oxygen atoms in total. The van der Waals surface area contributed by atoms with Gasteiger partial charge in [-0.25, -0.2) is 4.39 Å². The van der Waals surface area contributed by atoms with E-state index in [4.69, 9.17) is 0 Å². The Morgan fingerprint density at radius 1 is 1.41 bits per heavy atom. The molecule has 0 aliphatic heterocycles. The Bertz CT molecular complexity index is 390. The van der Waals surface area contributed by atoms with Crippen molar-refractivity contribution in [3.8, 4) is 0 Å². The predicted octanol–water partition coefficient (Wildman–Crippen LogP) is 3.04. The lowest BCUT2D eigenvalue weighted by Gasteiger charge is -2.30. The second-order valence-corrected chi connectivity index (χ2v) is 5.22. The summed E-state index contributed by atoms with van der Waals surface area (Å²) < 4.78 is 13.6. The molecule has 0 saturated carbocycles. The summed E-state index contributed by atoms with van der Waals surface area (Å²) >= 11 is 0. The highest BCUT2D eigenvalue weighted by atomic mass is 19.1. The van der Waals surface area contributed by atoms with Crippen molar-refractivity contribution in [3.05, 3.63) is 35.6 Å². The molecule has 0 aliphatic carbocycles. The number of carbonyl (C=O) groups excluding carboxylic acids is 1. The molecule has 1 aromatic rings. The molecule has 94 valence electrons. The van der Waals surface area contributed by atoms with Crippen LogP contribution in [0.15, 0.2) is 24.3 Å². The molecule has 0 heterocycles. The molecule has 0 spiro atoms. The van der Waals surface area contributed by atoms with E-state index in [9.17, 15) is 9.18 Å². The first-order chi connectivity index (χ1) is 7.87. The standard InChI is InChI=1S/C14H20FNO/c1-11(12-7-5-6-8-13(12)15)16(4)9-14(2,3)10-17/h5-8,10-11H,9H2,1-4H3. The average molecular weight is 237 g/mol. The van der Waals surface area contributed by atoms with Gasteiger partial charge in [-0.2, -0.15) is 0 Å². The highest BCUT2D eigenvalue weighted by molar-refractivity contribution is 5.58. The zero-order valence-corrected chi connectivity index (χ0v) is 10.9. The van der Waals surface area contributed by atoms with Gasteiger partial charge in [-0.1, -0.05) is 32.0 Å². The maximum absolute atomic E-state index is 13.6. The lowest BCUT2D eigenvalue weighted by atomic mass is 9.94. The molecule has 0 aliphatic rings. The molecule has 1 rings (SSSR count). The topological polar surface area (TPSA) is 20.3 Å². The fraction of sp³-hybridized carbons (Fsp3) is 0.500. The first-order valence-electron chi connectivity index (χ1n) is 5.78. The lowest BCUT2D eigenvalue weighted by molar-refractivity contribution is -0.115. The van der Waals surface area contributed by atoms with Crippen molar-refractivity contribution in [3.63, 3.8) is 0 Å². The summed E-state index contributed by atoms with van der Waals surface area (Å²) in [6, 6.07) is 6.71. The van der Waals surface area contributed by atoms with Gasteiger partial charge in [-0.15, -0.1) is 0 Å². The number of benzene rings is 1. The Morgan fingerprint density at radius 2 is 2.00 bits per heavy atom. The van der Waals surface area contributed by atoms with E-state index in [2.05, 4.69) is 0 Å². The van der Waals surface area contributed by atoms with Crippen LogP contribution in [0.25, 0.3) is 0 Å². The van der Waals surface area contributed by atoms with E-state index in [1.807, 2.05) is 38.8 Å². The monoisotopic (exact) mass is 237 g/mol. The van der Waals surface area contributed by atoms with Gasteiger partial charge in [0.25, 0.3) is 0 Å². The molecular formula is C14H20FNO. The zero-order valence-electron chi connectivity index (χ0n) is 10.9. The number of nitrogens with zero attached hydrogens (tertiary/aromatic N) is 1. The molecule has 0 N–H and O–H groups in total. The van der Waals surface area contributed by atoms with Crippen molar-refractivity contribution in [2.45, 2.75) is 26.8 Å². The minimum Gasteiger partial charge on any atom is -0.303 e. The number of aldehydes is 1. The van der Waals surface area contributed by atoms with Crippen molar-refractivity contribution in [1.82, 2.24) is 4.90 Å². The molecule has 0 bridgehead atoms. The molecule has 1 atom stereocenters. The highest BCUT2D eigenvalue weighted by Gasteiger charge is 2.23. The maximum Gasteiger partial charge on any atom is 0.127 e. The van der Waals surface area contributed by atoms with Crippen LogP contribution in [-0.2, 0) is 4.79 Å². The van der Waals surface area contributed by atoms with Gasteiger partial charge in [0.05, 0.1) is 0 Å². The van der Waals surface area contributed by atoms with Gasteiger partial charge in [0.15, 0.2) is 0 Å². The zero-order chi connectivity index (χ0) is 13.1. The predicted molar refractivity (Wildman–Crippen MR) is 67.3 cm³/mol. The summed E-state index contributed by atoms with van der Waals surface area (Å²) in [4.78, 5) is 12.9. The third kappa shape index (κ3) is 3.63. The normalized spacial score (nSPS) is 13.8. The molecule has 17 heavy (non-hydrogen) atoms. The van der Waals surface area contributed by atoms with Crippen LogP contribution in [0.3, 0.4) is 0 Å². The van der Waals surface area contributed by atoms with Crippen LogP contribution in [0.2, 0.25) is 0 Å². The van der Waals surface area contributed by atoms with Gasteiger partial charge in [-0.05, 0) is 20.0 Å². The van der Waals surface area contributed by atoms with E-state index in [0.29, 0.717) is 12.1 Å². The van der Waals surface area contributed by atoms with E-state index >= 15 is 0 Å². The van der Waals surface area contributed by atoms with Gasteiger partial charge in [-0.3, -0.25) is 4.90 Å². The minimum absolute atomic E-state index is 0.0459. The Hall–Kier alpha value is -1.22. The summed E-state index contributed by atoms with van der Waals surface area (Å²) in [6.45, 7) is 6.31. The fourth-order valence-corrected chi connectivity index (χ4v) is 1.87. The summed E-state index contributed by atoms with van der Waals surface area (Å²) in [7, 11) is 1.91. The van der Waals surface area contributed by atoms with E-state index in [-0.39, 0.29) is 11.9 Å². The van der Waals surface area contributed by atoms with Crippen molar-refractivity contribution >= 4 is 6.29 Å². The summed E-state index contributed by atoms with van der Waals surface area (Å²) in [6.07, 6.45) is 0.942. The quantitative estimate of drug-likeness (QED) is 0.734. The Kier molecular flexibility index (Phi) is 4.40. The van der Waals surface area contributed by atoms with Crippen LogP contribution in [0.1, 0.15) is 32.4 Å². The molecule has 0 amide bonds. The Labute approximate surface area is 102 Å². The molecule has 0 fully saturated rings. The van der Waals surface area contributed by atoms with Crippen LogP contribution in [-0.4, -0.2) is 24.8 Å². The van der Waals surface area contributed by atoms with Crippen molar-refractivity contribution < 1.29 is 9.18 Å². The van der Waals surface area contributed by atoms with E-state index in [0.717, 1.165) is 6.29 Å². The summed E-state index contributed by atoms with van der Waals surface area (Å²) in [5, 5.41) is 0. The highest BCUT2D eigenvalue weighted by Crippen LogP contribution is 2.24. The van der Waals surface area contributed by atoms with Crippen LogP contribution in [0.5, 0.6) is 0 Å². The fourth-order valence-electron chi connectivity index (χ4n) is 1.87. The van der Waals surface area contributed by atoms with Crippen molar-refractivity contribution in [2.75, 3.05) is 13.6 Å². The Balaban J connectivity index is 2.80. The SMILES string of the molecule is CC(c1ccccc1F)N(C)CC(C)(C)C=O. The smallest absolute Gasteiger partial charge is 0.127 e. The van der Waals surface area contributed by atoms with E-state index in [1.54, 1.807) is 12.1 Å².